The fraction of sp³-hybridized carbons (Fsp3) is 0.167. The molecule has 36 heavy (non-hydrogen) atoms. The number of carbonyl (C=O) groups is 1. The molecule has 0 bridgehead atoms. The minimum Gasteiger partial charge on any atom is -0.423 e. The molecule has 0 aliphatic rings. The van der Waals surface area contributed by atoms with Gasteiger partial charge in [-0.2, -0.15) is 4.68 Å². The van der Waals surface area contributed by atoms with E-state index in [-0.39, 0.29) is 11.5 Å². The summed E-state index contributed by atoms with van der Waals surface area (Å²) in [5.41, 5.74) is 2.58. The average Bonchev–Trinajstić information content (AvgIpc) is 3.38. The van der Waals surface area contributed by atoms with Crippen LogP contribution in [0.5, 0.6) is 0 Å². The molecule has 0 saturated carbocycles. The molecule has 12 heteroatoms. The molecule has 1 amide bonds. The van der Waals surface area contributed by atoms with E-state index in [0.29, 0.717) is 39.1 Å². The molecular weight excluding hydrogens is 482 g/mol. The molecule has 0 aliphatic heterocycles. The molecule has 182 valence electrons. The first kappa shape index (κ1) is 23.3. The third-order valence-electron chi connectivity index (χ3n) is 5.68. The van der Waals surface area contributed by atoms with Gasteiger partial charge in [-0.25, -0.2) is 9.48 Å². The van der Waals surface area contributed by atoms with Crippen molar-refractivity contribution in [3.8, 4) is 11.4 Å². The number of nitrogens with one attached hydrogen (secondary N) is 1. The number of para-hydroxylation sites is 1. The van der Waals surface area contributed by atoms with Gasteiger partial charge in [-0.3, -0.25) is 14.3 Å². The zero-order valence-electron chi connectivity index (χ0n) is 19.6. The van der Waals surface area contributed by atoms with E-state index in [1.54, 1.807) is 34.6 Å². The van der Waals surface area contributed by atoms with Crippen LogP contribution >= 0.6 is 11.8 Å². The van der Waals surface area contributed by atoms with Crippen molar-refractivity contribution in [2.45, 2.75) is 24.8 Å². The summed E-state index contributed by atoms with van der Waals surface area (Å²) in [7, 11) is 1.80. The van der Waals surface area contributed by atoms with Crippen molar-refractivity contribution in [2.75, 3.05) is 5.32 Å². The minimum atomic E-state index is -0.512. The zero-order valence-corrected chi connectivity index (χ0v) is 20.4. The van der Waals surface area contributed by atoms with Crippen molar-refractivity contribution < 1.29 is 9.21 Å². The van der Waals surface area contributed by atoms with Crippen LogP contribution in [0.3, 0.4) is 0 Å². The van der Waals surface area contributed by atoms with Crippen molar-refractivity contribution in [3.05, 3.63) is 86.6 Å². The number of fused-ring (bicyclic) bond motifs is 1. The van der Waals surface area contributed by atoms with E-state index >= 15 is 0 Å². The van der Waals surface area contributed by atoms with Crippen LogP contribution in [-0.4, -0.2) is 35.5 Å². The van der Waals surface area contributed by atoms with Gasteiger partial charge in [0.1, 0.15) is 5.58 Å². The maximum absolute atomic E-state index is 13.4. The van der Waals surface area contributed by atoms with Crippen LogP contribution in [0.25, 0.3) is 22.3 Å². The lowest BCUT2D eigenvalue weighted by Crippen LogP contribution is -2.22. The van der Waals surface area contributed by atoms with Crippen LogP contribution < -0.4 is 16.5 Å². The number of rotatable bonds is 6. The third kappa shape index (κ3) is 4.22. The van der Waals surface area contributed by atoms with Gasteiger partial charge in [0.15, 0.2) is 5.69 Å². The average molecular weight is 504 g/mol. The molecule has 3 heterocycles. The highest BCUT2D eigenvalue weighted by Crippen LogP contribution is 2.28. The van der Waals surface area contributed by atoms with Gasteiger partial charge in [-0.15, -0.1) is 5.10 Å². The summed E-state index contributed by atoms with van der Waals surface area (Å²) in [4.78, 5) is 37.0. The lowest BCUT2D eigenvalue weighted by atomic mass is 10.1. The highest BCUT2D eigenvalue weighted by atomic mass is 32.2. The second kappa shape index (κ2) is 9.30. The molecule has 1 N–H and O–H groups in total. The van der Waals surface area contributed by atoms with Crippen molar-refractivity contribution in [3.63, 3.8) is 0 Å². The summed E-state index contributed by atoms with van der Waals surface area (Å²) in [6, 6.07) is 15.9. The topological polar surface area (TPSA) is 130 Å². The Balaban J connectivity index is 1.49. The first-order valence-electron chi connectivity index (χ1n) is 10.9. The summed E-state index contributed by atoms with van der Waals surface area (Å²) >= 11 is 1.29. The van der Waals surface area contributed by atoms with Crippen molar-refractivity contribution in [2.24, 2.45) is 7.05 Å². The van der Waals surface area contributed by atoms with Gasteiger partial charge in [0, 0.05) is 42.9 Å². The predicted molar refractivity (Wildman–Crippen MR) is 135 cm³/mol. The molecule has 2 aromatic carbocycles. The fourth-order valence-electron chi connectivity index (χ4n) is 3.98. The Morgan fingerprint density at radius 1 is 1.11 bits per heavy atom. The van der Waals surface area contributed by atoms with Gasteiger partial charge in [-0.05, 0) is 47.2 Å². The highest BCUT2D eigenvalue weighted by Gasteiger charge is 2.22. The van der Waals surface area contributed by atoms with Gasteiger partial charge >= 0.3 is 5.63 Å². The predicted octanol–water partition coefficient (Wildman–Crippen LogP) is 2.82. The molecule has 3 aromatic heterocycles. The number of nitrogens with zero attached hydrogens (tertiary/aromatic N) is 6. The molecule has 0 saturated heterocycles. The second-order valence-corrected chi connectivity index (χ2v) is 9.00. The number of anilines is 1. The van der Waals surface area contributed by atoms with Crippen LogP contribution in [0.1, 0.15) is 18.2 Å². The minimum absolute atomic E-state index is 0.224. The number of tetrazole rings is 1. The van der Waals surface area contributed by atoms with Crippen LogP contribution in [0.15, 0.2) is 73.8 Å². The number of hydrogen-bond donors (Lipinski definition) is 1. The second-order valence-electron chi connectivity index (χ2n) is 8.05. The summed E-state index contributed by atoms with van der Waals surface area (Å²) in [5.74, 6) is 0.124. The van der Waals surface area contributed by atoms with Crippen LogP contribution in [-0.2, 0) is 17.6 Å². The van der Waals surface area contributed by atoms with E-state index < -0.39 is 5.63 Å². The monoisotopic (exact) mass is 503 g/mol. The van der Waals surface area contributed by atoms with E-state index in [2.05, 4.69) is 20.8 Å². The number of benzene rings is 2. The lowest BCUT2D eigenvalue weighted by molar-refractivity contribution is -0.114. The Hall–Kier alpha value is -4.45. The van der Waals surface area contributed by atoms with E-state index in [0.717, 1.165) is 11.1 Å². The van der Waals surface area contributed by atoms with Gasteiger partial charge in [0.05, 0.1) is 11.4 Å². The molecule has 5 rings (SSSR count). The maximum atomic E-state index is 13.4. The van der Waals surface area contributed by atoms with Gasteiger partial charge in [0.25, 0.3) is 5.56 Å². The smallest absolute Gasteiger partial charge is 0.336 e. The number of thioether (sulfide) groups is 1. The Morgan fingerprint density at radius 2 is 1.89 bits per heavy atom. The summed E-state index contributed by atoms with van der Waals surface area (Å²) in [6.07, 6.45) is 0. The Bertz CT molecular complexity index is 1720. The Kier molecular flexibility index (Phi) is 6.02. The van der Waals surface area contributed by atoms with Crippen molar-refractivity contribution in [1.82, 2.24) is 29.6 Å². The van der Waals surface area contributed by atoms with E-state index in [4.69, 9.17) is 4.42 Å². The van der Waals surface area contributed by atoms with Gasteiger partial charge in [0.2, 0.25) is 11.1 Å². The summed E-state index contributed by atoms with van der Waals surface area (Å²) in [6.45, 7) is 3.23. The maximum Gasteiger partial charge on any atom is 0.336 e. The molecule has 0 radical (unpaired) electrons. The third-order valence-corrected chi connectivity index (χ3v) is 6.65. The normalized spacial score (nSPS) is 11.2. The molecule has 11 nitrogen and oxygen atoms in total. The first-order chi connectivity index (χ1) is 17.3. The first-order valence-corrected chi connectivity index (χ1v) is 11.9. The summed E-state index contributed by atoms with van der Waals surface area (Å²) in [5, 5.41) is 15.8. The molecular formula is C24H21N7O4S. The van der Waals surface area contributed by atoms with Gasteiger partial charge in [-0.1, -0.05) is 30.0 Å². The van der Waals surface area contributed by atoms with Crippen molar-refractivity contribution >= 4 is 34.3 Å². The van der Waals surface area contributed by atoms with E-state index in [9.17, 15) is 14.4 Å². The number of amides is 1. The SMILES string of the molecule is CC(=O)Nc1ccc2c(CSc3nnnn3-c3c(C)n(C)n(-c4ccccc4)c3=O)cc(=O)oc2c1. The largest absolute Gasteiger partial charge is 0.423 e. The van der Waals surface area contributed by atoms with E-state index in [1.807, 2.05) is 37.3 Å². The highest BCUT2D eigenvalue weighted by molar-refractivity contribution is 7.98. The molecule has 0 aliphatic carbocycles. The van der Waals surface area contributed by atoms with Crippen LogP contribution in [0.4, 0.5) is 5.69 Å². The van der Waals surface area contributed by atoms with Crippen molar-refractivity contribution in [1.29, 1.82) is 0 Å². The van der Waals surface area contributed by atoms with E-state index in [1.165, 1.54) is 29.4 Å². The van der Waals surface area contributed by atoms with Crippen LogP contribution in [0.2, 0.25) is 0 Å². The number of hydrogen-bond acceptors (Lipinski definition) is 8. The van der Waals surface area contributed by atoms with Gasteiger partial charge < -0.3 is 9.73 Å². The zero-order chi connectivity index (χ0) is 25.4. The quantitative estimate of drug-likeness (QED) is 0.277. The summed E-state index contributed by atoms with van der Waals surface area (Å²) < 4.78 is 10.1. The number of carbonyl (C=O) groups excluding carboxylic acids is 1. The molecule has 5 aromatic rings. The molecule has 0 atom stereocenters. The molecule has 0 unspecified atom stereocenters. The lowest BCUT2D eigenvalue weighted by Gasteiger charge is -2.08. The fourth-order valence-corrected chi connectivity index (χ4v) is 4.85. The standard InChI is InChI=1S/C24H21N7O4S/c1-14-22(23(34)31(29(14)3)18-7-5-4-6-8-18)30-24(26-27-28-30)36-13-16-11-21(33)35-20-12-17(25-15(2)32)9-10-19(16)20/h4-12H,13H2,1-3H3,(H,25,32). The Morgan fingerprint density at radius 3 is 2.64 bits per heavy atom. The number of aromatic nitrogens is 6. The molecule has 0 fully saturated rings. The Labute approximate surface area is 208 Å². The molecule has 0 spiro atoms. The van der Waals surface area contributed by atoms with Crippen LogP contribution in [0, 0.1) is 6.92 Å².